The quantitative estimate of drug-likeness (QED) is 0.228. The van der Waals surface area contributed by atoms with Gasteiger partial charge in [0.25, 0.3) is 0 Å². The number of hydrogen-bond acceptors (Lipinski definition) is 3. The van der Waals surface area contributed by atoms with E-state index in [9.17, 15) is 9.59 Å². The number of nitrogens with zero attached hydrogens (tertiary/aromatic N) is 1. The van der Waals surface area contributed by atoms with Crippen LogP contribution in [0.2, 0.25) is 0 Å². The summed E-state index contributed by atoms with van der Waals surface area (Å²) in [6.07, 6.45) is 21.1. The second-order valence-electron chi connectivity index (χ2n) is 8.26. The van der Waals surface area contributed by atoms with Gasteiger partial charge >= 0.3 is 5.97 Å². The Balaban J connectivity index is 3.45. The molecule has 5 nitrogen and oxygen atoms in total. The van der Waals surface area contributed by atoms with Crippen LogP contribution in [0, 0.1) is 6.92 Å². The summed E-state index contributed by atoms with van der Waals surface area (Å²) in [6.45, 7) is 6.90. The lowest BCUT2D eigenvalue weighted by molar-refractivity contribution is -0.138. The smallest absolute Gasteiger partial charge is 0.317 e. The Bertz CT molecular complexity index is 388. The molecule has 0 fully saturated rings. The molecule has 0 saturated heterocycles. The number of unbranched alkanes of at least 4 members (excludes halogenated alkanes) is 15. The molecule has 0 spiro atoms. The van der Waals surface area contributed by atoms with Gasteiger partial charge in [-0.3, -0.25) is 14.5 Å². The summed E-state index contributed by atoms with van der Waals surface area (Å²) >= 11 is 0. The number of rotatable bonds is 22. The Morgan fingerprint density at radius 3 is 1.52 bits per heavy atom. The molecule has 0 saturated carbocycles. The van der Waals surface area contributed by atoms with Gasteiger partial charge in [0.05, 0.1) is 13.1 Å². The van der Waals surface area contributed by atoms with Crippen molar-refractivity contribution in [3.8, 4) is 0 Å². The molecular weight excluding hydrogens is 364 g/mol. The third kappa shape index (κ3) is 21.4. The Labute approximate surface area is 180 Å². The van der Waals surface area contributed by atoms with Crippen molar-refractivity contribution in [2.75, 3.05) is 26.2 Å². The predicted octanol–water partition coefficient (Wildman–Crippen LogP) is 5.58. The van der Waals surface area contributed by atoms with Crippen molar-refractivity contribution in [2.24, 2.45) is 0 Å². The van der Waals surface area contributed by atoms with Crippen molar-refractivity contribution in [1.29, 1.82) is 0 Å². The Morgan fingerprint density at radius 1 is 0.724 bits per heavy atom. The van der Waals surface area contributed by atoms with Crippen molar-refractivity contribution in [2.45, 2.75) is 110 Å². The summed E-state index contributed by atoms with van der Waals surface area (Å²) in [5, 5.41) is 11.6. The second kappa shape index (κ2) is 21.6. The molecule has 0 aromatic rings. The van der Waals surface area contributed by atoms with Crippen LogP contribution >= 0.6 is 0 Å². The first-order chi connectivity index (χ1) is 14.1. The number of carbonyl (C=O) groups is 2. The van der Waals surface area contributed by atoms with E-state index >= 15 is 0 Å². The van der Waals surface area contributed by atoms with Crippen LogP contribution < -0.4 is 5.32 Å². The largest absolute Gasteiger partial charge is 0.480 e. The van der Waals surface area contributed by atoms with E-state index in [0.29, 0.717) is 13.1 Å². The lowest BCUT2D eigenvalue weighted by Crippen LogP contribution is -2.40. The summed E-state index contributed by atoms with van der Waals surface area (Å²) in [4.78, 5) is 24.3. The zero-order valence-corrected chi connectivity index (χ0v) is 19.1. The highest BCUT2D eigenvalue weighted by Gasteiger charge is 2.13. The van der Waals surface area contributed by atoms with Gasteiger partial charge in [-0.25, -0.2) is 0 Å². The fourth-order valence-corrected chi connectivity index (χ4v) is 3.69. The number of carbonyl (C=O) groups excluding carboxylic acids is 1. The minimum absolute atomic E-state index is 0.0801. The molecule has 0 aromatic carbocycles. The van der Waals surface area contributed by atoms with Crippen molar-refractivity contribution < 1.29 is 14.7 Å². The minimum atomic E-state index is -0.885. The van der Waals surface area contributed by atoms with Crippen molar-refractivity contribution in [3.05, 3.63) is 6.92 Å². The van der Waals surface area contributed by atoms with Gasteiger partial charge in [0, 0.05) is 6.54 Å². The molecule has 171 valence electrons. The predicted molar refractivity (Wildman–Crippen MR) is 122 cm³/mol. The van der Waals surface area contributed by atoms with Gasteiger partial charge < -0.3 is 10.4 Å². The molecule has 2 N–H and O–H groups in total. The zero-order chi connectivity index (χ0) is 21.6. The van der Waals surface area contributed by atoms with E-state index in [4.69, 9.17) is 5.11 Å². The topological polar surface area (TPSA) is 69.6 Å². The third-order valence-corrected chi connectivity index (χ3v) is 5.38. The second-order valence-corrected chi connectivity index (χ2v) is 8.26. The van der Waals surface area contributed by atoms with E-state index < -0.39 is 5.97 Å². The Morgan fingerprint density at radius 2 is 1.14 bits per heavy atom. The standard InChI is InChI=1S/C24H47N2O3/c1-3-5-6-7-8-9-10-11-12-13-14-15-16-17-18-19-20-26(22-24(28)29)21-23(27)25-4-2/h2-22H2,1H3,(H,25,27)(H,28,29). The fourth-order valence-electron chi connectivity index (χ4n) is 3.69. The van der Waals surface area contributed by atoms with Crippen LogP contribution in [0.1, 0.15) is 110 Å². The Hall–Kier alpha value is -1.10. The van der Waals surface area contributed by atoms with E-state index in [1.807, 2.05) is 0 Å². The van der Waals surface area contributed by atoms with E-state index in [1.54, 1.807) is 4.90 Å². The van der Waals surface area contributed by atoms with Crippen molar-refractivity contribution >= 4 is 11.9 Å². The normalized spacial score (nSPS) is 11.1. The van der Waals surface area contributed by atoms with Gasteiger partial charge in [0.2, 0.25) is 5.91 Å². The number of carboxylic acids is 1. The molecule has 0 bridgehead atoms. The highest BCUT2D eigenvalue weighted by molar-refractivity contribution is 5.79. The number of amides is 1. The maximum absolute atomic E-state index is 11.6. The summed E-state index contributed by atoms with van der Waals surface area (Å²) in [5.74, 6) is -1.04. The van der Waals surface area contributed by atoms with E-state index in [1.165, 1.54) is 89.9 Å². The van der Waals surface area contributed by atoms with Crippen molar-refractivity contribution in [1.82, 2.24) is 10.2 Å². The van der Waals surface area contributed by atoms with Crippen molar-refractivity contribution in [3.63, 3.8) is 0 Å². The molecule has 0 aromatic heterocycles. The van der Waals surface area contributed by atoms with Crippen LogP contribution in [-0.4, -0.2) is 48.1 Å². The summed E-state index contributed by atoms with van der Waals surface area (Å²) in [6, 6.07) is 0. The molecule has 0 unspecified atom stereocenters. The molecule has 0 aliphatic carbocycles. The maximum atomic E-state index is 11.6. The monoisotopic (exact) mass is 411 g/mol. The molecule has 29 heavy (non-hydrogen) atoms. The van der Waals surface area contributed by atoms with E-state index in [-0.39, 0.29) is 19.0 Å². The van der Waals surface area contributed by atoms with Gasteiger partial charge in [0.1, 0.15) is 0 Å². The highest BCUT2D eigenvalue weighted by atomic mass is 16.4. The maximum Gasteiger partial charge on any atom is 0.317 e. The zero-order valence-electron chi connectivity index (χ0n) is 19.1. The number of aliphatic carboxylic acids is 1. The van der Waals surface area contributed by atoms with E-state index in [2.05, 4.69) is 19.2 Å². The summed E-state index contributed by atoms with van der Waals surface area (Å²) in [5.41, 5.74) is 0. The molecule has 0 rings (SSSR count). The fraction of sp³-hybridized carbons (Fsp3) is 0.875. The van der Waals surface area contributed by atoms with Gasteiger partial charge in [-0.05, 0) is 19.9 Å². The lowest BCUT2D eigenvalue weighted by atomic mass is 10.0. The summed E-state index contributed by atoms with van der Waals surface area (Å²) < 4.78 is 0. The van der Waals surface area contributed by atoms with Gasteiger partial charge in [-0.2, -0.15) is 0 Å². The van der Waals surface area contributed by atoms with Gasteiger partial charge in [-0.15, -0.1) is 0 Å². The number of nitrogens with one attached hydrogen (secondary N) is 1. The van der Waals surface area contributed by atoms with Gasteiger partial charge in [0.15, 0.2) is 0 Å². The summed E-state index contributed by atoms with van der Waals surface area (Å²) in [7, 11) is 0. The average Bonchev–Trinajstić information content (AvgIpc) is 2.67. The minimum Gasteiger partial charge on any atom is -0.480 e. The molecule has 0 aliphatic rings. The van der Waals surface area contributed by atoms with Crippen LogP contribution in [-0.2, 0) is 9.59 Å². The molecule has 0 aliphatic heterocycles. The number of hydrogen-bond donors (Lipinski definition) is 2. The average molecular weight is 412 g/mol. The van der Waals surface area contributed by atoms with Crippen LogP contribution in [0.4, 0.5) is 0 Å². The molecule has 5 heteroatoms. The molecule has 0 heterocycles. The van der Waals surface area contributed by atoms with Crippen LogP contribution in [0.15, 0.2) is 0 Å². The first-order valence-corrected chi connectivity index (χ1v) is 12.1. The molecule has 1 amide bonds. The SMILES string of the molecule is [CH2]CNC(=O)CN(CCCCCCCCCCCCCCCCCC)CC(=O)O. The lowest BCUT2D eigenvalue weighted by Gasteiger charge is -2.19. The van der Waals surface area contributed by atoms with E-state index in [0.717, 1.165) is 12.8 Å². The van der Waals surface area contributed by atoms with Crippen LogP contribution in [0.3, 0.4) is 0 Å². The first kappa shape index (κ1) is 27.9. The Kier molecular flexibility index (Phi) is 20.8. The van der Waals surface area contributed by atoms with Gasteiger partial charge in [-0.1, -0.05) is 103 Å². The third-order valence-electron chi connectivity index (χ3n) is 5.38. The molecule has 1 radical (unpaired) electrons. The van der Waals surface area contributed by atoms with Crippen LogP contribution in [0.25, 0.3) is 0 Å². The molecular formula is C24H47N2O3. The first-order valence-electron chi connectivity index (χ1n) is 12.1. The highest BCUT2D eigenvalue weighted by Crippen LogP contribution is 2.13. The number of carboxylic acid groups (broad SMARTS) is 1. The van der Waals surface area contributed by atoms with Crippen LogP contribution in [0.5, 0.6) is 0 Å². The molecule has 0 atom stereocenters.